The number of hydrogen-bond donors (Lipinski definition) is 0. The van der Waals surface area contributed by atoms with Gasteiger partial charge in [0.1, 0.15) is 6.07 Å². The molecular weight excluding hydrogens is 203 g/mol. The van der Waals surface area contributed by atoms with E-state index in [4.69, 9.17) is 16.9 Å². The molecule has 2 nitrogen and oxygen atoms in total. The molecule has 0 aliphatic heterocycles. The highest BCUT2D eigenvalue weighted by molar-refractivity contribution is 6.31. The van der Waals surface area contributed by atoms with Crippen LogP contribution in [-0.2, 0) is 0 Å². The number of nitriles is 1. The van der Waals surface area contributed by atoms with Gasteiger partial charge in [-0.25, -0.2) is 4.39 Å². The highest BCUT2D eigenvalue weighted by atomic mass is 35.5. The quantitative estimate of drug-likeness (QED) is 0.665. The largest absolute Gasteiger partial charge is 0.263 e. The number of pyridine rings is 1. The van der Waals surface area contributed by atoms with Gasteiger partial charge < -0.3 is 0 Å². The maximum Gasteiger partial charge on any atom is 0.151 e. The third kappa shape index (κ3) is 1.21. The monoisotopic (exact) mass is 206 g/mol. The minimum atomic E-state index is -0.534. The molecular formula is C10H4ClFN2. The third-order valence-corrected chi connectivity index (χ3v) is 2.24. The molecule has 4 heteroatoms. The zero-order valence-corrected chi connectivity index (χ0v) is 7.72. The summed E-state index contributed by atoms with van der Waals surface area (Å²) in [6.07, 6.45) is 2.76. The predicted molar refractivity (Wildman–Crippen MR) is 51.4 cm³/mol. The fourth-order valence-corrected chi connectivity index (χ4v) is 1.44. The van der Waals surface area contributed by atoms with Crippen LogP contribution in [0.5, 0.6) is 0 Å². The van der Waals surface area contributed by atoms with E-state index < -0.39 is 5.82 Å². The lowest BCUT2D eigenvalue weighted by atomic mass is 10.1. The van der Waals surface area contributed by atoms with Gasteiger partial charge in [-0.2, -0.15) is 5.26 Å². The van der Waals surface area contributed by atoms with Crippen LogP contribution in [0.25, 0.3) is 10.8 Å². The Morgan fingerprint density at radius 2 is 2.07 bits per heavy atom. The van der Waals surface area contributed by atoms with Gasteiger partial charge in [-0.3, -0.25) is 4.98 Å². The molecule has 2 rings (SSSR count). The number of rotatable bonds is 0. The highest BCUT2D eigenvalue weighted by Gasteiger charge is 2.08. The Hall–Kier alpha value is -1.66. The Bertz CT molecular complexity index is 546. The van der Waals surface area contributed by atoms with E-state index in [0.717, 1.165) is 0 Å². The number of benzene rings is 1. The summed E-state index contributed by atoms with van der Waals surface area (Å²) in [5.41, 5.74) is 0.345. The first kappa shape index (κ1) is 8.92. The Morgan fingerprint density at radius 1 is 1.29 bits per heavy atom. The van der Waals surface area contributed by atoms with Crippen LogP contribution in [0, 0.1) is 17.1 Å². The van der Waals surface area contributed by atoms with Crippen molar-refractivity contribution >= 4 is 22.4 Å². The molecule has 0 saturated carbocycles. The van der Waals surface area contributed by atoms with Crippen molar-refractivity contribution < 1.29 is 4.39 Å². The minimum absolute atomic E-state index is 0.0365. The lowest BCUT2D eigenvalue weighted by Crippen LogP contribution is -1.86. The average Bonchev–Trinajstić information content (AvgIpc) is 2.23. The maximum atomic E-state index is 13.4. The molecule has 1 aromatic carbocycles. The number of aromatic nitrogens is 1. The van der Waals surface area contributed by atoms with Gasteiger partial charge in [-0.1, -0.05) is 17.7 Å². The van der Waals surface area contributed by atoms with Crippen molar-refractivity contribution in [1.82, 2.24) is 4.98 Å². The highest BCUT2D eigenvalue weighted by Crippen LogP contribution is 2.25. The van der Waals surface area contributed by atoms with Crippen LogP contribution in [0.2, 0.25) is 5.02 Å². The Kier molecular flexibility index (Phi) is 2.06. The molecule has 0 saturated heterocycles. The standard InChI is InChI=1S/C10H4ClFN2/c11-9-2-1-7-6(3-13)4-14-5-8(7)10(9)12/h1-2,4-5H. The van der Waals surface area contributed by atoms with Gasteiger partial charge in [0.2, 0.25) is 0 Å². The average molecular weight is 207 g/mol. The smallest absolute Gasteiger partial charge is 0.151 e. The van der Waals surface area contributed by atoms with Crippen LogP contribution in [0.1, 0.15) is 5.56 Å². The molecule has 1 aromatic heterocycles. The molecule has 0 unspecified atom stereocenters. The van der Waals surface area contributed by atoms with Crippen molar-refractivity contribution in [3.8, 4) is 6.07 Å². The van der Waals surface area contributed by atoms with Crippen molar-refractivity contribution in [2.75, 3.05) is 0 Å². The lowest BCUT2D eigenvalue weighted by Gasteiger charge is -2.01. The van der Waals surface area contributed by atoms with Crippen molar-refractivity contribution in [2.45, 2.75) is 0 Å². The first-order valence-corrected chi connectivity index (χ1v) is 4.23. The summed E-state index contributed by atoms with van der Waals surface area (Å²) >= 11 is 5.60. The van der Waals surface area contributed by atoms with Crippen LogP contribution in [0.4, 0.5) is 4.39 Å². The number of hydrogen-bond acceptors (Lipinski definition) is 2. The van der Waals surface area contributed by atoms with Gasteiger partial charge in [0, 0.05) is 23.2 Å². The molecule has 0 spiro atoms. The molecule has 68 valence electrons. The summed E-state index contributed by atoms with van der Waals surface area (Å²) in [4.78, 5) is 3.76. The summed E-state index contributed by atoms with van der Waals surface area (Å²) in [5, 5.41) is 9.59. The molecule has 2 aromatic rings. The molecule has 0 aliphatic carbocycles. The summed E-state index contributed by atoms with van der Waals surface area (Å²) < 4.78 is 13.4. The van der Waals surface area contributed by atoms with E-state index in [1.54, 1.807) is 6.07 Å². The van der Waals surface area contributed by atoms with Gasteiger partial charge in [0.05, 0.1) is 10.6 Å². The summed E-state index contributed by atoms with van der Waals surface area (Å²) in [7, 11) is 0. The van der Waals surface area contributed by atoms with E-state index >= 15 is 0 Å². The Balaban J connectivity index is 2.95. The van der Waals surface area contributed by atoms with Gasteiger partial charge in [0.15, 0.2) is 5.82 Å². The zero-order chi connectivity index (χ0) is 10.1. The van der Waals surface area contributed by atoms with Gasteiger partial charge in [-0.05, 0) is 6.07 Å². The molecule has 0 fully saturated rings. The topological polar surface area (TPSA) is 36.7 Å². The molecule has 14 heavy (non-hydrogen) atoms. The Labute approximate surface area is 84.6 Å². The fourth-order valence-electron chi connectivity index (χ4n) is 1.27. The van der Waals surface area contributed by atoms with E-state index in [1.165, 1.54) is 18.5 Å². The van der Waals surface area contributed by atoms with Gasteiger partial charge in [0.25, 0.3) is 0 Å². The van der Waals surface area contributed by atoms with Gasteiger partial charge in [-0.15, -0.1) is 0 Å². The van der Waals surface area contributed by atoms with Crippen LogP contribution in [0.15, 0.2) is 24.5 Å². The Morgan fingerprint density at radius 3 is 2.79 bits per heavy atom. The summed E-state index contributed by atoms with van der Waals surface area (Å²) in [5.74, 6) is -0.534. The van der Waals surface area contributed by atoms with E-state index in [1.807, 2.05) is 6.07 Å². The van der Waals surface area contributed by atoms with E-state index in [2.05, 4.69) is 4.98 Å². The first-order chi connectivity index (χ1) is 6.74. The summed E-state index contributed by atoms with van der Waals surface area (Å²) in [6.45, 7) is 0. The molecule has 0 N–H and O–H groups in total. The van der Waals surface area contributed by atoms with Crippen molar-refractivity contribution in [3.63, 3.8) is 0 Å². The predicted octanol–water partition coefficient (Wildman–Crippen LogP) is 2.90. The molecule has 0 bridgehead atoms. The minimum Gasteiger partial charge on any atom is -0.263 e. The second-order valence-corrected chi connectivity index (χ2v) is 3.16. The number of nitrogens with zero attached hydrogens (tertiary/aromatic N) is 2. The zero-order valence-electron chi connectivity index (χ0n) is 6.96. The molecule has 0 amide bonds. The SMILES string of the molecule is N#Cc1cncc2c(F)c(Cl)ccc12. The van der Waals surface area contributed by atoms with Crippen molar-refractivity contribution in [1.29, 1.82) is 5.26 Å². The van der Waals surface area contributed by atoms with Gasteiger partial charge >= 0.3 is 0 Å². The first-order valence-electron chi connectivity index (χ1n) is 3.86. The van der Waals surface area contributed by atoms with E-state index in [0.29, 0.717) is 10.9 Å². The maximum absolute atomic E-state index is 13.4. The van der Waals surface area contributed by atoms with Crippen LogP contribution in [0.3, 0.4) is 0 Å². The van der Waals surface area contributed by atoms with Crippen molar-refractivity contribution in [3.05, 3.63) is 40.9 Å². The molecule has 0 atom stereocenters. The lowest BCUT2D eigenvalue weighted by molar-refractivity contribution is 0.640. The molecule has 0 radical (unpaired) electrons. The normalized spacial score (nSPS) is 10.1. The van der Waals surface area contributed by atoms with E-state index in [9.17, 15) is 4.39 Å². The molecule has 1 heterocycles. The summed E-state index contributed by atoms with van der Waals surface area (Å²) in [6, 6.07) is 4.99. The molecule has 0 aliphatic rings. The fraction of sp³-hybridized carbons (Fsp3) is 0. The number of halogens is 2. The van der Waals surface area contributed by atoms with E-state index in [-0.39, 0.29) is 10.4 Å². The van der Waals surface area contributed by atoms with Crippen LogP contribution < -0.4 is 0 Å². The second-order valence-electron chi connectivity index (χ2n) is 2.76. The third-order valence-electron chi connectivity index (χ3n) is 1.95. The van der Waals surface area contributed by atoms with Crippen LogP contribution >= 0.6 is 11.6 Å². The van der Waals surface area contributed by atoms with Crippen LogP contribution in [-0.4, -0.2) is 4.98 Å². The van der Waals surface area contributed by atoms with Crippen molar-refractivity contribution in [2.24, 2.45) is 0 Å². The number of fused-ring (bicyclic) bond motifs is 1. The second kappa shape index (κ2) is 3.24.